The summed E-state index contributed by atoms with van der Waals surface area (Å²) in [4.78, 5) is 25.0. The van der Waals surface area contributed by atoms with Gasteiger partial charge >= 0.3 is 5.97 Å². The molecule has 172 valence electrons. The maximum atomic E-state index is 13.4. The number of carboxylic acids is 1. The molecule has 0 unspecified atom stereocenters. The highest BCUT2D eigenvalue weighted by Gasteiger charge is 2.51. The van der Waals surface area contributed by atoms with Crippen LogP contribution >= 0.6 is 11.8 Å². The first-order valence-corrected chi connectivity index (χ1v) is 12.4. The number of phenolic OH excluding ortho intramolecular Hbond substituents is 1. The fourth-order valence-electron chi connectivity index (χ4n) is 3.50. The standard InChI is InChI=1S/C22H26N2O6S2/c1-14-4-10-17(11-5-14)32(29,30)24-20(31-13-22(24,2)3)19(26)23-18(21(27)28)12-15-6-8-16(25)9-7-15/h4-11,18,20,25H,12-13H2,1-3H3,(H,23,26)(H,27,28)/t18-,20-/m0/s1. The third kappa shape index (κ3) is 5.08. The SMILES string of the molecule is Cc1ccc(S(=O)(=O)N2[C@H](C(=O)N[C@@H](Cc3ccc(O)cc3)C(=O)O)SCC2(C)C)cc1. The van der Waals surface area contributed by atoms with Gasteiger partial charge in [0, 0.05) is 17.7 Å². The summed E-state index contributed by atoms with van der Waals surface area (Å²) in [6.07, 6.45) is -0.00710. The molecule has 1 saturated heterocycles. The van der Waals surface area contributed by atoms with Crippen molar-refractivity contribution in [3.05, 3.63) is 59.7 Å². The first-order chi connectivity index (χ1) is 14.9. The highest BCUT2D eigenvalue weighted by atomic mass is 32.2. The van der Waals surface area contributed by atoms with Crippen LogP contribution in [0.5, 0.6) is 5.75 Å². The van der Waals surface area contributed by atoms with E-state index in [1.807, 2.05) is 6.92 Å². The van der Waals surface area contributed by atoms with Gasteiger partial charge in [0.15, 0.2) is 0 Å². The Hall–Kier alpha value is -2.56. The Labute approximate surface area is 191 Å². The van der Waals surface area contributed by atoms with E-state index in [1.165, 1.54) is 28.6 Å². The smallest absolute Gasteiger partial charge is 0.326 e. The summed E-state index contributed by atoms with van der Waals surface area (Å²) < 4.78 is 28.0. The zero-order chi connectivity index (χ0) is 23.7. The van der Waals surface area contributed by atoms with Gasteiger partial charge in [0.1, 0.15) is 17.2 Å². The minimum atomic E-state index is -4.00. The van der Waals surface area contributed by atoms with E-state index < -0.39 is 38.9 Å². The van der Waals surface area contributed by atoms with Crippen molar-refractivity contribution in [1.29, 1.82) is 0 Å². The van der Waals surface area contributed by atoms with Gasteiger partial charge in [0.2, 0.25) is 15.9 Å². The van der Waals surface area contributed by atoms with Crippen molar-refractivity contribution in [2.75, 3.05) is 5.75 Å². The molecule has 3 N–H and O–H groups in total. The molecule has 10 heteroatoms. The van der Waals surface area contributed by atoms with Gasteiger partial charge in [0.05, 0.1) is 4.90 Å². The van der Waals surface area contributed by atoms with E-state index in [0.29, 0.717) is 11.3 Å². The number of nitrogens with zero attached hydrogens (tertiary/aromatic N) is 1. The van der Waals surface area contributed by atoms with Crippen LogP contribution in [0, 0.1) is 6.92 Å². The van der Waals surface area contributed by atoms with Crippen LogP contribution in [-0.4, -0.2) is 57.5 Å². The summed E-state index contributed by atoms with van der Waals surface area (Å²) in [5.74, 6) is -1.48. The molecule has 1 heterocycles. The van der Waals surface area contributed by atoms with Crippen LogP contribution in [0.4, 0.5) is 0 Å². The number of phenols is 1. The first-order valence-electron chi connectivity index (χ1n) is 9.96. The number of hydrogen-bond acceptors (Lipinski definition) is 6. The summed E-state index contributed by atoms with van der Waals surface area (Å²) in [5, 5.41) is 20.4. The lowest BCUT2D eigenvalue weighted by molar-refractivity contribution is -0.142. The number of sulfonamides is 1. The number of aryl methyl sites for hydroxylation is 1. The van der Waals surface area contributed by atoms with Gasteiger partial charge in [-0.15, -0.1) is 11.8 Å². The average Bonchev–Trinajstić information content (AvgIpc) is 3.05. The Morgan fingerprint density at radius 2 is 1.75 bits per heavy atom. The van der Waals surface area contributed by atoms with Crippen LogP contribution in [0.1, 0.15) is 25.0 Å². The van der Waals surface area contributed by atoms with E-state index in [2.05, 4.69) is 5.32 Å². The topological polar surface area (TPSA) is 124 Å². The van der Waals surface area contributed by atoms with Crippen LogP contribution in [0.3, 0.4) is 0 Å². The number of nitrogens with one attached hydrogen (secondary N) is 1. The Morgan fingerprint density at radius 1 is 1.16 bits per heavy atom. The molecule has 0 aromatic heterocycles. The Morgan fingerprint density at radius 3 is 2.31 bits per heavy atom. The summed E-state index contributed by atoms with van der Waals surface area (Å²) in [6, 6.07) is 11.1. The van der Waals surface area contributed by atoms with Crippen LogP contribution in [0.2, 0.25) is 0 Å². The molecule has 2 atom stereocenters. The van der Waals surface area contributed by atoms with Crippen molar-refractivity contribution < 1.29 is 28.2 Å². The summed E-state index contributed by atoms with van der Waals surface area (Å²) >= 11 is 1.16. The second-order valence-electron chi connectivity index (χ2n) is 8.36. The highest BCUT2D eigenvalue weighted by molar-refractivity contribution is 8.02. The summed E-state index contributed by atoms with van der Waals surface area (Å²) in [7, 11) is -4.00. The number of carboxylic acid groups (broad SMARTS) is 1. The molecule has 1 aliphatic rings. The third-order valence-corrected chi connectivity index (χ3v) is 9.03. The zero-order valence-corrected chi connectivity index (χ0v) is 19.6. The molecule has 0 saturated carbocycles. The van der Waals surface area contributed by atoms with Crippen LogP contribution < -0.4 is 5.32 Å². The van der Waals surface area contributed by atoms with Gasteiger partial charge < -0.3 is 15.5 Å². The maximum Gasteiger partial charge on any atom is 0.326 e. The lowest BCUT2D eigenvalue weighted by Gasteiger charge is -2.33. The van der Waals surface area contributed by atoms with E-state index in [1.54, 1.807) is 38.1 Å². The first kappa shape index (κ1) is 24.1. The number of hydrogen-bond donors (Lipinski definition) is 3. The van der Waals surface area contributed by atoms with E-state index >= 15 is 0 Å². The minimum Gasteiger partial charge on any atom is -0.508 e. The molecule has 8 nitrogen and oxygen atoms in total. The molecule has 1 fully saturated rings. The monoisotopic (exact) mass is 478 g/mol. The summed E-state index contributed by atoms with van der Waals surface area (Å²) in [5.41, 5.74) is 0.678. The molecule has 0 bridgehead atoms. The predicted molar refractivity (Wildman–Crippen MR) is 122 cm³/mol. The Bertz CT molecular complexity index is 1100. The van der Waals surface area contributed by atoms with Crippen LogP contribution in [0.15, 0.2) is 53.4 Å². The second kappa shape index (κ2) is 9.13. The average molecular weight is 479 g/mol. The fourth-order valence-corrected chi connectivity index (χ4v) is 7.22. The maximum absolute atomic E-state index is 13.4. The summed E-state index contributed by atoms with van der Waals surface area (Å²) in [6.45, 7) is 5.33. The van der Waals surface area contributed by atoms with E-state index in [0.717, 1.165) is 17.3 Å². The number of benzene rings is 2. The number of thioether (sulfide) groups is 1. The van der Waals surface area contributed by atoms with Crippen molar-refractivity contribution in [3.8, 4) is 5.75 Å². The van der Waals surface area contributed by atoms with Crippen molar-refractivity contribution in [2.24, 2.45) is 0 Å². The third-order valence-electron chi connectivity index (χ3n) is 5.20. The molecule has 32 heavy (non-hydrogen) atoms. The fraction of sp³-hybridized carbons (Fsp3) is 0.364. The molecule has 0 spiro atoms. The highest BCUT2D eigenvalue weighted by Crippen LogP contribution is 2.41. The number of aromatic hydroxyl groups is 1. The van der Waals surface area contributed by atoms with Crippen molar-refractivity contribution in [1.82, 2.24) is 9.62 Å². The van der Waals surface area contributed by atoms with Crippen molar-refractivity contribution >= 4 is 33.7 Å². The predicted octanol–water partition coefficient (Wildman–Crippen LogP) is 2.35. The number of aliphatic carboxylic acids is 1. The normalized spacial score (nSPS) is 19.4. The van der Waals surface area contributed by atoms with E-state index in [4.69, 9.17) is 0 Å². The van der Waals surface area contributed by atoms with Crippen molar-refractivity contribution in [3.63, 3.8) is 0 Å². The molecule has 0 radical (unpaired) electrons. The van der Waals surface area contributed by atoms with Gasteiger partial charge in [-0.2, -0.15) is 4.31 Å². The van der Waals surface area contributed by atoms with Gasteiger partial charge in [-0.25, -0.2) is 13.2 Å². The quantitative estimate of drug-likeness (QED) is 0.558. The van der Waals surface area contributed by atoms with Gasteiger partial charge in [-0.05, 0) is 50.6 Å². The lowest BCUT2D eigenvalue weighted by atomic mass is 10.1. The minimum absolute atomic E-state index is 0.00710. The Kier molecular flexibility index (Phi) is 6.87. The van der Waals surface area contributed by atoms with Crippen molar-refractivity contribution in [2.45, 2.75) is 49.0 Å². The molecular formula is C22H26N2O6S2. The molecular weight excluding hydrogens is 452 g/mol. The van der Waals surface area contributed by atoms with Gasteiger partial charge in [0.25, 0.3) is 0 Å². The Balaban J connectivity index is 1.85. The van der Waals surface area contributed by atoms with Crippen LogP contribution in [-0.2, 0) is 26.0 Å². The van der Waals surface area contributed by atoms with E-state index in [-0.39, 0.29) is 17.1 Å². The largest absolute Gasteiger partial charge is 0.508 e. The molecule has 0 aliphatic carbocycles. The van der Waals surface area contributed by atoms with Gasteiger partial charge in [-0.1, -0.05) is 29.8 Å². The number of carbonyl (C=O) groups is 2. The number of rotatable bonds is 7. The molecule has 2 aromatic rings. The molecule has 3 rings (SSSR count). The second-order valence-corrected chi connectivity index (χ2v) is 11.2. The number of amides is 1. The van der Waals surface area contributed by atoms with Crippen LogP contribution in [0.25, 0.3) is 0 Å². The van der Waals surface area contributed by atoms with Gasteiger partial charge in [-0.3, -0.25) is 4.79 Å². The zero-order valence-electron chi connectivity index (χ0n) is 18.0. The molecule has 2 aromatic carbocycles. The molecule has 1 aliphatic heterocycles. The lowest BCUT2D eigenvalue weighted by Crippen LogP contribution is -2.55. The number of carbonyl (C=O) groups excluding carboxylic acids is 1. The van der Waals surface area contributed by atoms with E-state index in [9.17, 15) is 28.2 Å². The molecule has 1 amide bonds.